The van der Waals surface area contributed by atoms with Gasteiger partial charge in [0.2, 0.25) is 0 Å². The minimum atomic E-state index is 0.923. The number of guanidine groups is 1. The van der Waals surface area contributed by atoms with Gasteiger partial charge in [0, 0.05) is 31.6 Å². The van der Waals surface area contributed by atoms with Crippen LogP contribution in [0.4, 0.5) is 0 Å². The first-order valence-electron chi connectivity index (χ1n) is 9.30. The van der Waals surface area contributed by atoms with Crippen LogP contribution >= 0.6 is 11.3 Å². The highest BCUT2D eigenvalue weighted by atomic mass is 32.1. The summed E-state index contributed by atoms with van der Waals surface area (Å²) in [6.45, 7) is 6.20. The summed E-state index contributed by atoms with van der Waals surface area (Å²) in [5.74, 6) is 1.04. The first-order chi connectivity index (χ1) is 11.6. The Morgan fingerprint density at radius 3 is 2.50 bits per heavy atom. The Hall–Kier alpha value is -1.07. The maximum Gasteiger partial charge on any atom is 0.193 e. The van der Waals surface area contributed by atoms with E-state index in [1.807, 2.05) is 11.3 Å². The molecule has 4 nitrogen and oxygen atoms in total. The zero-order valence-electron chi connectivity index (χ0n) is 16.1. The van der Waals surface area contributed by atoms with Gasteiger partial charge in [-0.25, -0.2) is 0 Å². The third-order valence-electron chi connectivity index (χ3n) is 4.00. The zero-order chi connectivity index (χ0) is 17.6. The second-order valence-electron chi connectivity index (χ2n) is 6.56. The van der Waals surface area contributed by atoms with Gasteiger partial charge in [-0.05, 0) is 58.3 Å². The van der Waals surface area contributed by atoms with Crippen molar-refractivity contribution in [2.75, 3.05) is 47.3 Å². The van der Waals surface area contributed by atoms with E-state index in [4.69, 9.17) is 4.99 Å². The van der Waals surface area contributed by atoms with Crippen LogP contribution in [0, 0.1) is 0 Å². The maximum atomic E-state index is 4.79. The van der Waals surface area contributed by atoms with Gasteiger partial charge in [-0.15, -0.1) is 11.3 Å². The van der Waals surface area contributed by atoms with E-state index in [0.29, 0.717) is 0 Å². The highest BCUT2D eigenvalue weighted by Crippen LogP contribution is 2.09. The molecule has 0 aliphatic rings. The van der Waals surface area contributed by atoms with E-state index in [9.17, 15) is 0 Å². The van der Waals surface area contributed by atoms with Crippen LogP contribution < -0.4 is 5.32 Å². The summed E-state index contributed by atoms with van der Waals surface area (Å²) >= 11 is 1.83. The maximum absolute atomic E-state index is 4.79. The van der Waals surface area contributed by atoms with Crippen molar-refractivity contribution in [1.29, 1.82) is 0 Å². The molecule has 1 heterocycles. The Kier molecular flexibility index (Phi) is 11.6. The van der Waals surface area contributed by atoms with Crippen LogP contribution in [0.5, 0.6) is 0 Å². The normalized spacial score (nSPS) is 12.0. The molecule has 5 heteroatoms. The lowest BCUT2D eigenvalue weighted by Gasteiger charge is -2.21. The fraction of sp³-hybridized carbons (Fsp3) is 0.737. The summed E-state index contributed by atoms with van der Waals surface area (Å²) in [7, 11) is 6.42. The minimum Gasteiger partial charge on any atom is -0.357 e. The summed E-state index contributed by atoms with van der Waals surface area (Å²) < 4.78 is 0. The average molecular weight is 353 g/mol. The lowest BCUT2D eigenvalue weighted by atomic mass is 10.1. The van der Waals surface area contributed by atoms with Gasteiger partial charge < -0.3 is 15.1 Å². The Labute approximate surface area is 153 Å². The second kappa shape index (κ2) is 13.2. The molecule has 0 atom stereocenters. The third kappa shape index (κ3) is 9.93. The Bertz CT molecular complexity index is 429. The van der Waals surface area contributed by atoms with Crippen molar-refractivity contribution in [3.63, 3.8) is 0 Å². The summed E-state index contributed by atoms with van der Waals surface area (Å²) in [6, 6.07) is 4.33. The summed E-state index contributed by atoms with van der Waals surface area (Å²) in [6.07, 6.45) is 7.54. The van der Waals surface area contributed by atoms with Crippen LogP contribution in [0.15, 0.2) is 22.5 Å². The van der Waals surface area contributed by atoms with Gasteiger partial charge in [0.1, 0.15) is 0 Å². The molecule has 24 heavy (non-hydrogen) atoms. The summed E-state index contributed by atoms with van der Waals surface area (Å²) in [4.78, 5) is 10.7. The highest BCUT2D eigenvalue weighted by molar-refractivity contribution is 7.09. The molecule has 1 aromatic heterocycles. The van der Waals surface area contributed by atoms with Crippen molar-refractivity contribution in [2.45, 2.75) is 45.4 Å². The van der Waals surface area contributed by atoms with Gasteiger partial charge in [0.25, 0.3) is 0 Å². The van der Waals surface area contributed by atoms with Crippen molar-refractivity contribution in [3.8, 4) is 0 Å². The number of aliphatic imine (C=N–C) groups is 1. The van der Waals surface area contributed by atoms with E-state index in [0.717, 1.165) is 32.0 Å². The molecule has 1 aromatic rings. The third-order valence-corrected chi connectivity index (χ3v) is 4.93. The van der Waals surface area contributed by atoms with Gasteiger partial charge in [0.15, 0.2) is 5.96 Å². The molecule has 0 fully saturated rings. The molecule has 0 amide bonds. The molecule has 138 valence electrons. The number of nitrogens with one attached hydrogen (secondary N) is 1. The van der Waals surface area contributed by atoms with Crippen LogP contribution in [0.2, 0.25) is 0 Å². The van der Waals surface area contributed by atoms with Crippen molar-refractivity contribution in [3.05, 3.63) is 22.4 Å². The number of hydrogen-bond acceptors (Lipinski definition) is 3. The molecule has 0 aromatic carbocycles. The fourth-order valence-corrected chi connectivity index (χ4v) is 3.26. The molecular weight excluding hydrogens is 316 g/mol. The van der Waals surface area contributed by atoms with Crippen molar-refractivity contribution < 1.29 is 0 Å². The molecule has 0 aliphatic heterocycles. The van der Waals surface area contributed by atoms with Crippen LogP contribution in [0.25, 0.3) is 0 Å². The molecule has 0 spiro atoms. The molecule has 0 saturated carbocycles. The molecule has 0 unspecified atom stereocenters. The lowest BCUT2D eigenvalue weighted by Crippen LogP contribution is -2.40. The predicted octanol–water partition coefficient (Wildman–Crippen LogP) is 3.70. The largest absolute Gasteiger partial charge is 0.357 e. The van der Waals surface area contributed by atoms with Crippen molar-refractivity contribution in [1.82, 2.24) is 15.1 Å². The molecule has 0 aliphatic carbocycles. The number of hydrogen-bond donors (Lipinski definition) is 1. The molecule has 1 rings (SSSR count). The quantitative estimate of drug-likeness (QED) is 0.353. The first-order valence-corrected chi connectivity index (χ1v) is 10.2. The van der Waals surface area contributed by atoms with Crippen LogP contribution in [0.3, 0.4) is 0 Å². The molecule has 0 saturated heterocycles. The van der Waals surface area contributed by atoms with Crippen LogP contribution in [0.1, 0.15) is 43.9 Å². The SMILES string of the molecule is CCNC(=NCCCCCCCN(C)C)N(C)CCc1cccs1. The van der Waals surface area contributed by atoms with Crippen LogP contribution in [-0.4, -0.2) is 63.1 Å². The fourth-order valence-electron chi connectivity index (χ4n) is 2.56. The minimum absolute atomic E-state index is 0.923. The topological polar surface area (TPSA) is 30.9 Å². The van der Waals surface area contributed by atoms with Crippen molar-refractivity contribution >= 4 is 17.3 Å². The lowest BCUT2D eigenvalue weighted by molar-refractivity contribution is 0.390. The molecular formula is C19H36N4S. The Morgan fingerprint density at radius 1 is 1.08 bits per heavy atom. The van der Waals surface area contributed by atoms with E-state index in [2.05, 4.69) is 60.7 Å². The predicted molar refractivity (Wildman–Crippen MR) is 108 cm³/mol. The number of unbranched alkanes of at least 4 members (excludes halogenated alkanes) is 4. The zero-order valence-corrected chi connectivity index (χ0v) is 16.9. The van der Waals surface area contributed by atoms with E-state index in [-0.39, 0.29) is 0 Å². The number of thiophene rings is 1. The summed E-state index contributed by atoms with van der Waals surface area (Å²) in [5, 5.41) is 5.56. The van der Waals surface area contributed by atoms with Gasteiger partial charge in [0.05, 0.1) is 0 Å². The van der Waals surface area contributed by atoms with Gasteiger partial charge in [-0.1, -0.05) is 25.3 Å². The standard InChI is InChI=1S/C19H36N4S/c1-5-20-19(23(4)16-13-18-12-11-17-24-18)21-14-9-7-6-8-10-15-22(2)3/h11-12,17H,5-10,13-16H2,1-4H3,(H,20,21). The van der Waals surface area contributed by atoms with Gasteiger partial charge in [-0.3, -0.25) is 4.99 Å². The second-order valence-corrected chi connectivity index (χ2v) is 7.59. The van der Waals surface area contributed by atoms with Gasteiger partial charge >= 0.3 is 0 Å². The molecule has 0 bridgehead atoms. The van der Waals surface area contributed by atoms with E-state index in [1.165, 1.54) is 43.5 Å². The monoisotopic (exact) mass is 352 g/mol. The molecule has 0 radical (unpaired) electrons. The average Bonchev–Trinajstić information content (AvgIpc) is 3.07. The summed E-state index contributed by atoms with van der Waals surface area (Å²) in [5.41, 5.74) is 0. The van der Waals surface area contributed by atoms with E-state index < -0.39 is 0 Å². The first kappa shape index (κ1) is 21.0. The smallest absolute Gasteiger partial charge is 0.193 e. The van der Waals surface area contributed by atoms with Crippen LogP contribution in [-0.2, 0) is 6.42 Å². The van der Waals surface area contributed by atoms with E-state index >= 15 is 0 Å². The number of nitrogens with zero attached hydrogens (tertiary/aromatic N) is 3. The van der Waals surface area contributed by atoms with Crippen molar-refractivity contribution in [2.24, 2.45) is 4.99 Å². The number of likely N-dealkylation sites (N-methyl/N-ethyl adjacent to an activating group) is 1. The van der Waals surface area contributed by atoms with E-state index in [1.54, 1.807) is 0 Å². The van der Waals surface area contributed by atoms with Gasteiger partial charge in [-0.2, -0.15) is 0 Å². The Balaban J connectivity index is 2.21. The Morgan fingerprint density at radius 2 is 1.83 bits per heavy atom. The highest BCUT2D eigenvalue weighted by Gasteiger charge is 2.05. The number of rotatable bonds is 12. The molecule has 1 N–H and O–H groups in total.